The van der Waals surface area contributed by atoms with Gasteiger partial charge in [0.15, 0.2) is 5.78 Å². The average Bonchev–Trinajstić information content (AvgIpc) is 1.58. The molecule has 0 aliphatic heterocycles. The number of hydrogen-bond acceptors (Lipinski definition) is 6. The predicted molar refractivity (Wildman–Crippen MR) is 443 cm³/mol. The van der Waals surface area contributed by atoms with E-state index in [1.807, 2.05) is 47.6 Å². The fourth-order valence-corrected chi connectivity index (χ4v) is 17.9. The molecule has 0 saturated heterocycles. The molecule has 6 aliphatic rings. The number of fused-ring (bicyclic) bond motifs is 6. The number of aliphatic hydroxyl groups is 3. The summed E-state index contributed by atoms with van der Waals surface area (Å²) in [5.41, 5.74) is 28.0. The van der Waals surface area contributed by atoms with Crippen molar-refractivity contribution in [2.24, 2.45) is 16.2 Å². The van der Waals surface area contributed by atoms with E-state index in [2.05, 4.69) is 283 Å². The van der Waals surface area contributed by atoms with E-state index in [-0.39, 0.29) is 62.6 Å². The number of aryl methyl sites for hydroxylation is 3. The summed E-state index contributed by atoms with van der Waals surface area (Å²) in [6, 6.07) is 64.3. The van der Waals surface area contributed by atoms with Crippen molar-refractivity contribution in [1.29, 1.82) is 0 Å². The normalized spacial score (nSPS) is 20.0. The standard InChI is InChI=1S/2C27H25BrO.C27H23BrO.C4H10O.2C4H9O.Al.Li/c3*1-17-12-22-16-27(15-19-8-4-3-5-9-19,26(29)24(22)18(2)25(17)28)23-13-20-10-6-7-11-21(20)14-23;3*1-4(2,3)5;;/h2*3-13,26,29H,14-16H2,1-2H3;3-13H,14-16H2,1-2H3;5H,1-3H3;2*1-3H3;;/q;;;;2*-1;+2;. The van der Waals surface area contributed by atoms with E-state index >= 15 is 0 Å². The van der Waals surface area contributed by atoms with Gasteiger partial charge in [-0.2, -0.15) is 0 Å². The molecular weight excluding hydrogens is 1490 g/mol. The number of Topliss-reactive ketones (excluding diaryl/α,β-unsaturated/α-hetero) is 1. The van der Waals surface area contributed by atoms with Gasteiger partial charge in [-0.25, -0.2) is 0 Å². The van der Waals surface area contributed by atoms with Crippen molar-refractivity contribution in [3.8, 4) is 0 Å². The Morgan fingerprint density at radius 3 is 1.09 bits per heavy atom. The maximum atomic E-state index is 14.1. The van der Waals surface area contributed by atoms with Gasteiger partial charge in [0.2, 0.25) is 0 Å². The van der Waals surface area contributed by atoms with E-state index in [1.165, 1.54) is 111 Å². The molecule has 3 N–H and O–H groups in total. The Morgan fingerprint density at radius 1 is 0.423 bits per heavy atom. The van der Waals surface area contributed by atoms with Crippen LogP contribution in [0.25, 0.3) is 18.2 Å². The molecule has 104 heavy (non-hydrogen) atoms. The molecule has 0 bridgehead atoms. The predicted octanol–water partition coefficient (Wildman–Crippen LogP) is 22.3. The van der Waals surface area contributed by atoms with Crippen molar-refractivity contribution in [2.75, 3.05) is 0 Å². The summed E-state index contributed by atoms with van der Waals surface area (Å²) >= 11 is 10.9. The molecule has 11 heteroatoms. The zero-order valence-electron chi connectivity index (χ0n) is 63.8. The van der Waals surface area contributed by atoms with Gasteiger partial charge in [0, 0.05) is 59.9 Å². The quantitative estimate of drug-likeness (QED) is 0.112. The minimum Gasteiger partial charge on any atom is -0.479 e. The SMILES string of the molecule is CC(C)(C)O.CC(C)(C)[O][Al][O]C(C)(C)C.Cc1cc2c(c(C)c1Br)C(=O)C(Cc1ccccc1)(C1=Cc3ccccc3C1)C2.Cc1cc2c(c(C)c1Br)C(O)C(Cc1ccccc1)(C1=Cc3ccccc3C1)C2.Cc1cc2c(c(C)c1Br)C(O)C(Cc1ccccc1)(C1=Cc3ccccc3C1)C2.[Li]. The summed E-state index contributed by atoms with van der Waals surface area (Å²) in [4.78, 5) is 14.1. The Balaban J connectivity index is 0.000000151. The monoisotopic (exact) mass is 1580 g/mol. The molecule has 5 unspecified atom stereocenters. The summed E-state index contributed by atoms with van der Waals surface area (Å²) in [6.45, 7) is 30.2. The maximum absolute atomic E-state index is 14.1. The Kier molecular flexibility index (Phi) is 25.6. The largest absolute Gasteiger partial charge is 0.669 e. The second-order valence-corrected chi connectivity index (χ2v) is 35.5. The van der Waals surface area contributed by atoms with E-state index in [0.717, 1.165) is 93.5 Å². The molecule has 9 aromatic rings. The summed E-state index contributed by atoms with van der Waals surface area (Å²) in [5, 5.41) is 32.2. The van der Waals surface area contributed by atoms with Crippen LogP contribution in [0.2, 0.25) is 0 Å². The number of allylic oxidation sites excluding steroid dienone is 1. The van der Waals surface area contributed by atoms with Gasteiger partial charge >= 0.3 is 15.9 Å². The van der Waals surface area contributed by atoms with Gasteiger partial charge in [-0.1, -0.05) is 265 Å². The molecule has 6 aliphatic carbocycles. The van der Waals surface area contributed by atoms with Crippen LogP contribution in [0.15, 0.2) is 212 Å². The molecule has 534 valence electrons. The first-order valence-electron chi connectivity index (χ1n) is 36.3. The van der Waals surface area contributed by atoms with Crippen molar-refractivity contribution in [3.63, 3.8) is 0 Å². The van der Waals surface area contributed by atoms with E-state index in [9.17, 15) is 15.0 Å². The van der Waals surface area contributed by atoms with Crippen LogP contribution in [0, 0.1) is 57.8 Å². The third-order valence-electron chi connectivity index (χ3n) is 21.2. The van der Waals surface area contributed by atoms with E-state index in [1.54, 1.807) is 20.8 Å². The van der Waals surface area contributed by atoms with Crippen LogP contribution in [0.4, 0.5) is 0 Å². The number of hydrogen-bond donors (Lipinski definition) is 3. The first-order chi connectivity index (χ1) is 48.7. The van der Waals surface area contributed by atoms with Crippen molar-refractivity contribution < 1.29 is 27.7 Å². The summed E-state index contributed by atoms with van der Waals surface area (Å²) < 4.78 is 14.2. The number of aliphatic hydroxyl groups excluding tert-OH is 2. The van der Waals surface area contributed by atoms with Crippen LogP contribution in [-0.2, 0) is 65.4 Å². The molecule has 0 saturated carbocycles. The molecule has 0 aromatic heterocycles. The molecule has 5 atom stereocenters. The minimum absolute atomic E-state index is 0. The van der Waals surface area contributed by atoms with E-state index in [0.29, 0.717) is 0 Å². The number of halogens is 3. The van der Waals surface area contributed by atoms with Gasteiger partial charge < -0.3 is 22.9 Å². The molecule has 0 spiro atoms. The van der Waals surface area contributed by atoms with E-state index < -0.39 is 23.2 Å². The van der Waals surface area contributed by atoms with Crippen LogP contribution >= 0.6 is 47.8 Å². The van der Waals surface area contributed by atoms with Crippen molar-refractivity contribution >= 4 is 107 Å². The smallest absolute Gasteiger partial charge is 0.479 e. The molecular formula is C93H101AlBr3LiO6. The van der Waals surface area contributed by atoms with E-state index in [4.69, 9.17) is 12.7 Å². The van der Waals surface area contributed by atoms with Gasteiger partial charge in [-0.05, 0) is 273 Å². The summed E-state index contributed by atoms with van der Waals surface area (Å²) in [6.07, 6.45) is 13.6. The van der Waals surface area contributed by atoms with Crippen LogP contribution in [0.3, 0.4) is 0 Å². The Bertz CT molecular complexity index is 4510. The first-order valence-corrected chi connectivity index (χ1v) is 39.7. The first kappa shape index (κ1) is 80.8. The zero-order chi connectivity index (χ0) is 74.1. The third kappa shape index (κ3) is 17.8. The number of benzene rings is 9. The number of carbonyl (C=O) groups is 1. The Labute approximate surface area is 664 Å². The van der Waals surface area contributed by atoms with Crippen molar-refractivity contribution in [1.82, 2.24) is 0 Å². The van der Waals surface area contributed by atoms with Gasteiger partial charge in [0.25, 0.3) is 0 Å². The van der Waals surface area contributed by atoms with Gasteiger partial charge in [0.05, 0.1) is 23.2 Å². The number of rotatable bonds is 11. The van der Waals surface area contributed by atoms with Crippen molar-refractivity contribution in [3.05, 3.63) is 329 Å². The molecule has 15 rings (SSSR count). The molecule has 0 amide bonds. The third-order valence-corrected chi connectivity index (χ3v) is 26.5. The second kappa shape index (κ2) is 33.0. The molecule has 9 aromatic carbocycles. The number of carbonyl (C=O) groups excluding carboxylic acids is 1. The van der Waals surface area contributed by atoms with Crippen LogP contribution in [0.5, 0.6) is 0 Å². The zero-order valence-corrected chi connectivity index (χ0v) is 69.8. The maximum Gasteiger partial charge on any atom is 0.669 e. The van der Waals surface area contributed by atoms with Crippen LogP contribution < -0.4 is 0 Å². The van der Waals surface area contributed by atoms with Gasteiger partial charge in [-0.3, -0.25) is 4.79 Å². The summed E-state index contributed by atoms with van der Waals surface area (Å²) in [5.74, 6) is 0.286. The minimum atomic E-state index is -0.504. The second-order valence-electron chi connectivity index (χ2n) is 32.5. The Morgan fingerprint density at radius 2 is 0.731 bits per heavy atom. The molecule has 6 nitrogen and oxygen atoms in total. The molecule has 0 fully saturated rings. The summed E-state index contributed by atoms with van der Waals surface area (Å²) in [7, 11) is 0. The van der Waals surface area contributed by atoms with Gasteiger partial charge in [0.1, 0.15) is 0 Å². The number of ketones is 1. The topological polar surface area (TPSA) is 96.2 Å². The van der Waals surface area contributed by atoms with Crippen LogP contribution in [-0.4, -0.2) is 72.7 Å². The van der Waals surface area contributed by atoms with Crippen LogP contribution in [0.1, 0.15) is 196 Å². The molecule has 2 radical (unpaired) electrons. The van der Waals surface area contributed by atoms with Gasteiger partial charge in [-0.15, -0.1) is 0 Å². The van der Waals surface area contributed by atoms with Crippen molar-refractivity contribution in [2.45, 2.75) is 191 Å². The fraction of sp³-hybridized carbons (Fsp3) is 0.344. The Hall–Kier alpha value is -5.76. The average molecular weight is 1590 g/mol. The molecule has 0 heterocycles. The fourth-order valence-electron chi connectivity index (χ4n) is 16.3.